The molecule has 1 aromatic carbocycles. The molecular formula is C22H32ClN7O. The van der Waals surface area contributed by atoms with Gasteiger partial charge in [0.2, 0.25) is 0 Å². The van der Waals surface area contributed by atoms with Crippen molar-refractivity contribution in [1.29, 1.82) is 0 Å². The number of nitrogens with zero attached hydrogens (tertiary/aromatic N) is 6. The molecule has 168 valence electrons. The van der Waals surface area contributed by atoms with Crippen LogP contribution in [0.3, 0.4) is 0 Å². The highest BCUT2D eigenvalue weighted by Gasteiger charge is 2.23. The lowest BCUT2D eigenvalue weighted by molar-refractivity contribution is 0.113. The molecule has 4 rings (SSSR count). The van der Waals surface area contributed by atoms with Crippen LogP contribution in [0.2, 0.25) is 5.02 Å². The number of guanidine groups is 1. The summed E-state index contributed by atoms with van der Waals surface area (Å²) in [5.74, 6) is 2.67. The van der Waals surface area contributed by atoms with Crippen LogP contribution in [-0.2, 0) is 18.3 Å². The zero-order chi connectivity index (χ0) is 21.8. The van der Waals surface area contributed by atoms with E-state index in [0.717, 1.165) is 74.8 Å². The Morgan fingerprint density at radius 1 is 1.23 bits per heavy atom. The largest absolute Gasteiger partial charge is 0.376 e. The van der Waals surface area contributed by atoms with Gasteiger partial charge in [0.1, 0.15) is 12.4 Å². The topological polar surface area (TPSA) is 70.8 Å². The Bertz CT molecular complexity index is 915. The molecule has 0 saturated carbocycles. The number of nitrogens with one attached hydrogen (secondary N) is 1. The lowest BCUT2D eigenvalue weighted by Gasteiger charge is -2.38. The van der Waals surface area contributed by atoms with Gasteiger partial charge in [-0.1, -0.05) is 17.7 Å². The number of halogens is 1. The fraction of sp³-hybridized carbons (Fsp3) is 0.591. The number of hydrogen-bond donors (Lipinski definition) is 1. The summed E-state index contributed by atoms with van der Waals surface area (Å²) >= 11 is 6.24. The van der Waals surface area contributed by atoms with E-state index in [-0.39, 0.29) is 6.10 Å². The Hall–Kier alpha value is -2.32. The van der Waals surface area contributed by atoms with Crippen LogP contribution >= 0.6 is 11.6 Å². The van der Waals surface area contributed by atoms with Crippen LogP contribution in [0.25, 0.3) is 0 Å². The first kappa shape index (κ1) is 21.9. The summed E-state index contributed by atoms with van der Waals surface area (Å²) in [5, 5.41) is 12.7. The summed E-state index contributed by atoms with van der Waals surface area (Å²) in [4.78, 5) is 9.63. The van der Waals surface area contributed by atoms with Gasteiger partial charge in [-0.2, -0.15) is 0 Å². The summed E-state index contributed by atoms with van der Waals surface area (Å²) in [5.41, 5.74) is 2.47. The molecule has 8 nitrogen and oxygen atoms in total. The average molecular weight is 446 g/mol. The molecule has 3 heterocycles. The Balaban J connectivity index is 1.44. The van der Waals surface area contributed by atoms with Gasteiger partial charge in [0.25, 0.3) is 0 Å². The molecule has 2 aliphatic heterocycles. The standard InChI is InChI=1S/C22H32ClN7O/c1-16-6-7-18(23)13-20(16)29-8-10-30(11-9-29)22(24-14-19-5-4-12-31-19)25-15-21-27-26-17(2)28(21)3/h6-7,13,19H,4-5,8-12,14-15H2,1-3H3,(H,24,25). The van der Waals surface area contributed by atoms with E-state index in [1.165, 1.54) is 11.3 Å². The minimum atomic E-state index is 0.262. The van der Waals surface area contributed by atoms with E-state index in [1.807, 2.05) is 24.6 Å². The second-order valence-electron chi connectivity index (χ2n) is 8.28. The first-order valence-corrected chi connectivity index (χ1v) is 11.4. The molecule has 2 fully saturated rings. The van der Waals surface area contributed by atoms with E-state index in [9.17, 15) is 0 Å². The van der Waals surface area contributed by atoms with Crippen LogP contribution in [0.4, 0.5) is 5.69 Å². The summed E-state index contributed by atoms with van der Waals surface area (Å²) in [6.07, 6.45) is 2.50. The Morgan fingerprint density at radius 3 is 2.71 bits per heavy atom. The first-order chi connectivity index (χ1) is 15.0. The van der Waals surface area contributed by atoms with Gasteiger partial charge in [0, 0.05) is 57.1 Å². The lowest BCUT2D eigenvalue weighted by Crippen LogP contribution is -2.53. The normalized spacial score (nSPS) is 19.9. The van der Waals surface area contributed by atoms with E-state index in [0.29, 0.717) is 6.54 Å². The number of ether oxygens (including phenoxy) is 1. The van der Waals surface area contributed by atoms with Gasteiger partial charge in [-0.25, -0.2) is 4.99 Å². The predicted octanol–water partition coefficient (Wildman–Crippen LogP) is 2.53. The fourth-order valence-electron chi connectivity index (χ4n) is 4.09. The molecule has 0 aliphatic carbocycles. The van der Waals surface area contributed by atoms with Crippen molar-refractivity contribution in [2.75, 3.05) is 44.2 Å². The Kier molecular flexibility index (Phi) is 6.97. The third-order valence-electron chi connectivity index (χ3n) is 6.16. The molecule has 2 aliphatic rings. The Labute approximate surface area is 189 Å². The van der Waals surface area contributed by atoms with Gasteiger partial charge in [0.05, 0.1) is 6.10 Å². The quantitative estimate of drug-likeness (QED) is 0.563. The number of aromatic nitrogens is 3. The molecular weight excluding hydrogens is 414 g/mol. The van der Waals surface area contributed by atoms with Crippen LogP contribution in [0.5, 0.6) is 0 Å². The maximum atomic E-state index is 6.24. The number of piperazine rings is 1. The predicted molar refractivity (Wildman–Crippen MR) is 124 cm³/mol. The van der Waals surface area contributed by atoms with Crippen LogP contribution in [0.15, 0.2) is 23.2 Å². The van der Waals surface area contributed by atoms with Crippen molar-refractivity contribution in [3.63, 3.8) is 0 Å². The monoisotopic (exact) mass is 445 g/mol. The summed E-state index contributed by atoms with van der Waals surface area (Å²) < 4.78 is 7.78. The van der Waals surface area contributed by atoms with Gasteiger partial charge < -0.3 is 24.4 Å². The fourth-order valence-corrected chi connectivity index (χ4v) is 4.26. The molecule has 0 bridgehead atoms. The Morgan fingerprint density at radius 2 is 2.03 bits per heavy atom. The van der Waals surface area contributed by atoms with Crippen molar-refractivity contribution in [2.24, 2.45) is 12.0 Å². The number of benzene rings is 1. The van der Waals surface area contributed by atoms with Crippen LogP contribution < -0.4 is 10.2 Å². The first-order valence-electron chi connectivity index (χ1n) is 11.0. The van der Waals surface area contributed by atoms with E-state index in [1.54, 1.807) is 0 Å². The van der Waals surface area contributed by atoms with Gasteiger partial charge in [-0.3, -0.25) is 0 Å². The van der Waals surface area contributed by atoms with Crippen LogP contribution in [-0.4, -0.2) is 71.1 Å². The van der Waals surface area contributed by atoms with Gasteiger partial charge in [0.15, 0.2) is 11.8 Å². The average Bonchev–Trinajstić information content (AvgIpc) is 3.41. The number of anilines is 1. The van der Waals surface area contributed by atoms with Crippen molar-refractivity contribution in [3.05, 3.63) is 40.4 Å². The van der Waals surface area contributed by atoms with E-state index in [2.05, 4.69) is 44.4 Å². The maximum absolute atomic E-state index is 6.24. The SMILES string of the molecule is Cc1ccc(Cl)cc1N1CCN(C(=NCc2nnc(C)n2C)NCC2CCCO2)CC1. The van der Waals surface area contributed by atoms with Gasteiger partial charge in [-0.15, -0.1) is 10.2 Å². The van der Waals surface area contributed by atoms with Crippen LogP contribution in [0, 0.1) is 13.8 Å². The molecule has 1 aromatic heterocycles. The molecule has 1 N–H and O–H groups in total. The minimum Gasteiger partial charge on any atom is -0.376 e. The molecule has 1 atom stereocenters. The highest BCUT2D eigenvalue weighted by molar-refractivity contribution is 6.30. The second kappa shape index (κ2) is 9.87. The molecule has 2 saturated heterocycles. The smallest absolute Gasteiger partial charge is 0.194 e. The molecule has 0 spiro atoms. The number of aliphatic imine (C=N–C) groups is 1. The van der Waals surface area contributed by atoms with Crippen molar-refractivity contribution >= 4 is 23.2 Å². The third kappa shape index (κ3) is 5.30. The summed E-state index contributed by atoms with van der Waals surface area (Å²) in [6, 6.07) is 6.10. The van der Waals surface area contributed by atoms with Gasteiger partial charge in [-0.05, 0) is 44.4 Å². The highest BCUT2D eigenvalue weighted by atomic mass is 35.5. The molecule has 31 heavy (non-hydrogen) atoms. The molecule has 0 amide bonds. The lowest BCUT2D eigenvalue weighted by atomic mass is 10.1. The third-order valence-corrected chi connectivity index (χ3v) is 6.39. The molecule has 0 radical (unpaired) electrons. The summed E-state index contributed by atoms with van der Waals surface area (Å²) in [7, 11) is 1.98. The van der Waals surface area contributed by atoms with Gasteiger partial charge >= 0.3 is 0 Å². The molecule has 1 unspecified atom stereocenters. The van der Waals surface area contributed by atoms with E-state index >= 15 is 0 Å². The summed E-state index contributed by atoms with van der Waals surface area (Å²) in [6.45, 7) is 9.85. The molecule has 9 heteroatoms. The zero-order valence-corrected chi connectivity index (χ0v) is 19.4. The highest BCUT2D eigenvalue weighted by Crippen LogP contribution is 2.25. The maximum Gasteiger partial charge on any atom is 0.194 e. The number of hydrogen-bond acceptors (Lipinski definition) is 5. The van der Waals surface area contributed by atoms with Crippen molar-refractivity contribution in [3.8, 4) is 0 Å². The van der Waals surface area contributed by atoms with Crippen LogP contribution in [0.1, 0.15) is 30.1 Å². The minimum absolute atomic E-state index is 0.262. The number of rotatable bonds is 5. The van der Waals surface area contributed by atoms with Crippen molar-refractivity contribution in [1.82, 2.24) is 25.0 Å². The van der Waals surface area contributed by atoms with E-state index in [4.69, 9.17) is 21.3 Å². The van der Waals surface area contributed by atoms with E-state index < -0.39 is 0 Å². The molecule has 2 aromatic rings. The zero-order valence-electron chi connectivity index (χ0n) is 18.6. The second-order valence-corrected chi connectivity index (χ2v) is 8.72. The number of aryl methyl sites for hydroxylation is 2. The van der Waals surface area contributed by atoms with Crippen molar-refractivity contribution < 1.29 is 4.74 Å². The van der Waals surface area contributed by atoms with Crippen molar-refractivity contribution in [2.45, 2.75) is 39.3 Å².